The molecule has 18 heavy (non-hydrogen) atoms. The molecule has 1 N–H and O–H groups in total. The molecule has 0 heterocycles. The van der Waals surface area contributed by atoms with E-state index in [1.807, 2.05) is 31.2 Å². The Bertz CT molecular complexity index is 358. The molecule has 0 aliphatic rings. The second kappa shape index (κ2) is 8.76. The van der Waals surface area contributed by atoms with E-state index in [9.17, 15) is 5.11 Å². The number of benzene rings is 1. The monoisotopic (exact) mass is 248 g/mol. The molecule has 2 heteroatoms. The van der Waals surface area contributed by atoms with Crippen LogP contribution in [0.5, 0.6) is 5.75 Å². The molecule has 0 aliphatic carbocycles. The molecule has 0 amide bonds. The summed E-state index contributed by atoms with van der Waals surface area (Å²) in [6, 6.07) is 8.23. The van der Waals surface area contributed by atoms with Crippen LogP contribution in [0.2, 0.25) is 0 Å². The minimum atomic E-state index is -0.271. The number of aliphatic hydroxyl groups is 1. The third-order valence-corrected chi connectivity index (χ3v) is 3.01. The average Bonchev–Trinajstić information content (AvgIpc) is 2.39. The Morgan fingerprint density at radius 1 is 1.28 bits per heavy atom. The third kappa shape index (κ3) is 5.87. The Kier molecular flexibility index (Phi) is 7.19. The van der Waals surface area contributed by atoms with Gasteiger partial charge in [0.1, 0.15) is 5.75 Å². The molecule has 100 valence electrons. The van der Waals surface area contributed by atoms with E-state index in [0.717, 1.165) is 37.9 Å². The summed E-state index contributed by atoms with van der Waals surface area (Å²) < 4.78 is 5.20. The van der Waals surface area contributed by atoms with Crippen molar-refractivity contribution in [3.8, 4) is 5.75 Å². The number of hydrogen-bond acceptors (Lipinski definition) is 2. The van der Waals surface area contributed by atoms with Crippen LogP contribution in [-0.4, -0.2) is 18.3 Å². The van der Waals surface area contributed by atoms with Gasteiger partial charge in [-0.2, -0.15) is 0 Å². The van der Waals surface area contributed by atoms with Gasteiger partial charge in [0.2, 0.25) is 0 Å². The predicted molar refractivity (Wildman–Crippen MR) is 76.0 cm³/mol. The van der Waals surface area contributed by atoms with Crippen molar-refractivity contribution in [1.82, 2.24) is 0 Å². The number of rotatable bonds is 8. The van der Waals surface area contributed by atoms with Crippen LogP contribution in [0.25, 0.3) is 0 Å². The molecule has 0 unspecified atom stereocenters. The normalized spacial score (nSPS) is 12.8. The van der Waals surface area contributed by atoms with Crippen LogP contribution in [0.15, 0.2) is 36.4 Å². The number of aliphatic hydroxyl groups excluding tert-OH is 1. The van der Waals surface area contributed by atoms with E-state index in [2.05, 4.69) is 12.1 Å². The molecule has 0 fully saturated rings. The lowest BCUT2D eigenvalue weighted by atomic mass is 10.0. The SMILES string of the molecule is CC=C[C@@H](O)CCCCCc1cccc(OC)c1. The zero-order chi connectivity index (χ0) is 13.2. The van der Waals surface area contributed by atoms with Crippen molar-refractivity contribution in [2.24, 2.45) is 0 Å². The highest BCUT2D eigenvalue weighted by Gasteiger charge is 1.99. The average molecular weight is 248 g/mol. The van der Waals surface area contributed by atoms with Gasteiger partial charge >= 0.3 is 0 Å². The molecule has 0 spiro atoms. The van der Waals surface area contributed by atoms with Crippen LogP contribution in [0.4, 0.5) is 0 Å². The summed E-state index contributed by atoms with van der Waals surface area (Å²) in [7, 11) is 1.70. The highest BCUT2D eigenvalue weighted by molar-refractivity contribution is 5.28. The van der Waals surface area contributed by atoms with Gasteiger partial charge < -0.3 is 9.84 Å². The molecule has 1 rings (SSSR count). The maximum Gasteiger partial charge on any atom is 0.119 e. The summed E-state index contributed by atoms with van der Waals surface area (Å²) in [6.45, 7) is 1.94. The third-order valence-electron chi connectivity index (χ3n) is 3.01. The van der Waals surface area contributed by atoms with E-state index >= 15 is 0 Å². The van der Waals surface area contributed by atoms with Gasteiger partial charge in [0, 0.05) is 0 Å². The molecule has 0 saturated carbocycles. The fraction of sp³-hybridized carbons (Fsp3) is 0.500. The number of ether oxygens (including phenoxy) is 1. The lowest BCUT2D eigenvalue weighted by Crippen LogP contribution is -2.01. The molecule has 1 atom stereocenters. The van der Waals surface area contributed by atoms with Crippen LogP contribution >= 0.6 is 0 Å². The molecule has 0 radical (unpaired) electrons. The number of allylic oxidation sites excluding steroid dienone is 1. The number of aryl methyl sites for hydroxylation is 1. The van der Waals surface area contributed by atoms with E-state index in [4.69, 9.17) is 4.74 Å². The summed E-state index contributed by atoms with van der Waals surface area (Å²) in [5.74, 6) is 0.927. The first-order valence-electron chi connectivity index (χ1n) is 6.70. The van der Waals surface area contributed by atoms with Crippen molar-refractivity contribution in [1.29, 1.82) is 0 Å². The van der Waals surface area contributed by atoms with E-state index in [-0.39, 0.29) is 6.10 Å². The summed E-state index contributed by atoms with van der Waals surface area (Å²) in [4.78, 5) is 0. The Labute approximate surface area is 110 Å². The highest BCUT2D eigenvalue weighted by Crippen LogP contribution is 2.15. The minimum absolute atomic E-state index is 0.271. The van der Waals surface area contributed by atoms with Crippen molar-refractivity contribution in [3.63, 3.8) is 0 Å². The summed E-state index contributed by atoms with van der Waals surface area (Å²) >= 11 is 0. The van der Waals surface area contributed by atoms with Crippen molar-refractivity contribution in [2.75, 3.05) is 7.11 Å². The molecule has 2 nitrogen and oxygen atoms in total. The first-order chi connectivity index (χ1) is 8.76. The van der Waals surface area contributed by atoms with Crippen LogP contribution in [0, 0.1) is 0 Å². The van der Waals surface area contributed by atoms with Crippen LogP contribution in [-0.2, 0) is 6.42 Å². The van der Waals surface area contributed by atoms with Gasteiger partial charge in [-0.05, 0) is 43.9 Å². The second-order valence-corrected chi connectivity index (χ2v) is 4.54. The van der Waals surface area contributed by atoms with E-state index < -0.39 is 0 Å². The minimum Gasteiger partial charge on any atom is -0.497 e. The fourth-order valence-corrected chi connectivity index (χ4v) is 2.01. The number of methoxy groups -OCH3 is 1. The van der Waals surface area contributed by atoms with Crippen molar-refractivity contribution in [2.45, 2.75) is 45.1 Å². The van der Waals surface area contributed by atoms with Gasteiger partial charge in [-0.25, -0.2) is 0 Å². The Hall–Kier alpha value is -1.28. The first-order valence-corrected chi connectivity index (χ1v) is 6.70. The maximum absolute atomic E-state index is 9.53. The Morgan fingerprint density at radius 2 is 2.11 bits per heavy atom. The van der Waals surface area contributed by atoms with E-state index in [1.165, 1.54) is 5.56 Å². The van der Waals surface area contributed by atoms with Gasteiger partial charge in [-0.3, -0.25) is 0 Å². The van der Waals surface area contributed by atoms with Gasteiger partial charge in [-0.15, -0.1) is 0 Å². The Morgan fingerprint density at radius 3 is 2.83 bits per heavy atom. The molecular formula is C16H24O2. The van der Waals surface area contributed by atoms with Crippen LogP contribution in [0.1, 0.15) is 38.2 Å². The zero-order valence-electron chi connectivity index (χ0n) is 11.4. The highest BCUT2D eigenvalue weighted by atomic mass is 16.5. The van der Waals surface area contributed by atoms with Crippen molar-refractivity contribution in [3.05, 3.63) is 42.0 Å². The van der Waals surface area contributed by atoms with Gasteiger partial charge in [-0.1, -0.05) is 37.1 Å². The first kappa shape index (κ1) is 14.8. The zero-order valence-corrected chi connectivity index (χ0v) is 11.4. The fourth-order valence-electron chi connectivity index (χ4n) is 2.01. The maximum atomic E-state index is 9.53. The van der Waals surface area contributed by atoms with E-state index in [1.54, 1.807) is 7.11 Å². The second-order valence-electron chi connectivity index (χ2n) is 4.54. The predicted octanol–water partition coefficient (Wildman–Crippen LogP) is 3.74. The molecule has 0 saturated heterocycles. The summed E-state index contributed by atoms with van der Waals surface area (Å²) in [6.07, 6.45) is 8.83. The lowest BCUT2D eigenvalue weighted by molar-refractivity contribution is 0.208. The van der Waals surface area contributed by atoms with Gasteiger partial charge in [0.15, 0.2) is 0 Å². The number of hydrogen-bond donors (Lipinski definition) is 1. The van der Waals surface area contributed by atoms with Crippen molar-refractivity contribution >= 4 is 0 Å². The largest absolute Gasteiger partial charge is 0.497 e. The summed E-state index contributed by atoms with van der Waals surface area (Å²) in [5, 5.41) is 9.53. The topological polar surface area (TPSA) is 29.5 Å². The van der Waals surface area contributed by atoms with Gasteiger partial charge in [0.05, 0.1) is 13.2 Å². The quantitative estimate of drug-likeness (QED) is 0.561. The smallest absolute Gasteiger partial charge is 0.119 e. The summed E-state index contributed by atoms with van der Waals surface area (Å²) in [5.41, 5.74) is 1.32. The van der Waals surface area contributed by atoms with Crippen LogP contribution in [0.3, 0.4) is 0 Å². The molecule has 1 aromatic rings. The standard InChI is InChI=1S/C16H24O2/c1-3-8-15(17)11-6-4-5-9-14-10-7-12-16(13-14)18-2/h3,7-8,10,12-13,15,17H,4-6,9,11H2,1-2H3/t15-/m1/s1. The number of unbranched alkanes of at least 4 members (excludes halogenated alkanes) is 2. The molecule has 0 bridgehead atoms. The molecule has 1 aromatic carbocycles. The molecular weight excluding hydrogens is 224 g/mol. The lowest BCUT2D eigenvalue weighted by Gasteiger charge is -2.06. The van der Waals surface area contributed by atoms with Gasteiger partial charge in [0.25, 0.3) is 0 Å². The van der Waals surface area contributed by atoms with Crippen molar-refractivity contribution < 1.29 is 9.84 Å². The molecule has 0 aromatic heterocycles. The van der Waals surface area contributed by atoms with Crippen LogP contribution < -0.4 is 4.74 Å². The molecule has 0 aliphatic heterocycles. The Balaban J connectivity index is 2.17. The van der Waals surface area contributed by atoms with E-state index in [0.29, 0.717) is 0 Å².